The van der Waals surface area contributed by atoms with Crippen molar-refractivity contribution in [2.24, 2.45) is 0 Å². The lowest BCUT2D eigenvalue weighted by Gasteiger charge is -2.19. The first-order valence-electron chi connectivity index (χ1n) is 12.4. The summed E-state index contributed by atoms with van der Waals surface area (Å²) in [5.74, 6) is -0.283. The van der Waals surface area contributed by atoms with Crippen molar-refractivity contribution in [2.75, 3.05) is 40.4 Å². The van der Waals surface area contributed by atoms with Crippen LogP contribution in [0.1, 0.15) is 60.0 Å². The predicted octanol–water partition coefficient (Wildman–Crippen LogP) is 4.65. The molecule has 1 amide bonds. The third-order valence-electron chi connectivity index (χ3n) is 6.46. The van der Waals surface area contributed by atoms with E-state index in [1.54, 1.807) is 30.3 Å². The quantitative estimate of drug-likeness (QED) is 0.326. The maximum absolute atomic E-state index is 13.1. The summed E-state index contributed by atoms with van der Waals surface area (Å²) in [7, 11) is 3.07. The van der Waals surface area contributed by atoms with Crippen LogP contribution >= 0.6 is 0 Å². The van der Waals surface area contributed by atoms with Gasteiger partial charge in [-0.2, -0.15) is 5.10 Å². The molecular formula is C28H36N4O5. The Kier molecular flexibility index (Phi) is 9.30. The highest BCUT2D eigenvalue weighted by atomic mass is 16.5. The molecule has 0 aliphatic rings. The zero-order chi connectivity index (χ0) is 27.1. The van der Waals surface area contributed by atoms with Crippen LogP contribution in [0.4, 0.5) is 0 Å². The maximum atomic E-state index is 13.1. The van der Waals surface area contributed by atoms with Gasteiger partial charge in [0.1, 0.15) is 17.2 Å². The second-order valence-corrected chi connectivity index (χ2v) is 8.90. The van der Waals surface area contributed by atoms with Crippen molar-refractivity contribution in [2.45, 2.75) is 33.6 Å². The van der Waals surface area contributed by atoms with Gasteiger partial charge in [0.15, 0.2) is 5.69 Å². The van der Waals surface area contributed by atoms with Crippen molar-refractivity contribution in [3.8, 4) is 33.9 Å². The Bertz CT molecular complexity index is 1230. The van der Waals surface area contributed by atoms with E-state index >= 15 is 0 Å². The van der Waals surface area contributed by atoms with Gasteiger partial charge >= 0.3 is 5.97 Å². The summed E-state index contributed by atoms with van der Waals surface area (Å²) in [5.41, 5.74) is 3.26. The van der Waals surface area contributed by atoms with Crippen LogP contribution in [-0.4, -0.2) is 72.5 Å². The smallest absolute Gasteiger partial charge is 0.354 e. The van der Waals surface area contributed by atoms with Crippen LogP contribution in [0.2, 0.25) is 0 Å². The van der Waals surface area contributed by atoms with Crippen molar-refractivity contribution < 1.29 is 24.2 Å². The summed E-state index contributed by atoms with van der Waals surface area (Å²) in [4.78, 5) is 27.5. The first kappa shape index (κ1) is 27.7. The number of hydrogen-bond acceptors (Lipinski definition) is 6. The molecule has 0 bridgehead atoms. The van der Waals surface area contributed by atoms with Gasteiger partial charge in [-0.05, 0) is 54.4 Å². The molecule has 3 rings (SSSR count). The molecule has 9 nitrogen and oxygen atoms in total. The molecule has 0 aliphatic heterocycles. The van der Waals surface area contributed by atoms with Gasteiger partial charge in [0, 0.05) is 24.2 Å². The number of methoxy groups -OCH3 is 2. The molecule has 1 aromatic heterocycles. The summed E-state index contributed by atoms with van der Waals surface area (Å²) < 4.78 is 11.1. The van der Waals surface area contributed by atoms with Gasteiger partial charge in [0.2, 0.25) is 0 Å². The fourth-order valence-electron chi connectivity index (χ4n) is 4.41. The van der Waals surface area contributed by atoms with Crippen molar-refractivity contribution in [1.82, 2.24) is 20.4 Å². The molecule has 198 valence electrons. The van der Waals surface area contributed by atoms with Crippen molar-refractivity contribution in [3.05, 3.63) is 53.2 Å². The van der Waals surface area contributed by atoms with E-state index in [0.29, 0.717) is 46.0 Å². The number of likely N-dealkylation sites (N-methyl/N-ethyl adjacent to an activating group) is 1. The number of hydrogen-bond donors (Lipinski definition) is 3. The molecule has 0 unspecified atom stereocenters. The summed E-state index contributed by atoms with van der Waals surface area (Å²) in [6.45, 7) is 11.4. The Morgan fingerprint density at radius 1 is 1.05 bits per heavy atom. The zero-order valence-electron chi connectivity index (χ0n) is 22.3. The highest BCUT2D eigenvalue weighted by Crippen LogP contribution is 2.43. The van der Waals surface area contributed by atoms with Crippen LogP contribution in [0.5, 0.6) is 11.5 Å². The number of aromatic amines is 1. The molecule has 9 heteroatoms. The van der Waals surface area contributed by atoms with E-state index in [1.165, 1.54) is 14.2 Å². The average Bonchev–Trinajstić information content (AvgIpc) is 3.35. The van der Waals surface area contributed by atoms with E-state index in [1.807, 2.05) is 19.9 Å². The van der Waals surface area contributed by atoms with Crippen LogP contribution < -0.4 is 14.8 Å². The van der Waals surface area contributed by atoms with Crippen molar-refractivity contribution in [1.29, 1.82) is 0 Å². The zero-order valence-corrected chi connectivity index (χ0v) is 22.3. The molecule has 3 N–H and O–H groups in total. The number of nitrogens with one attached hydrogen (secondary N) is 2. The van der Waals surface area contributed by atoms with Gasteiger partial charge in [0.25, 0.3) is 5.91 Å². The molecule has 0 spiro atoms. The number of amides is 1. The third kappa shape index (κ3) is 5.94. The SMILES string of the molecule is CCN(CC)CCNC(=O)c1ccc(-c2c(-c3c(OC)cccc3OC)n[nH]c2C(=O)O)cc1C(C)C. The Labute approximate surface area is 217 Å². The first-order valence-corrected chi connectivity index (χ1v) is 12.4. The topological polar surface area (TPSA) is 117 Å². The number of carboxylic acid groups (broad SMARTS) is 1. The Balaban J connectivity index is 2.10. The van der Waals surface area contributed by atoms with Gasteiger partial charge in [-0.1, -0.05) is 39.8 Å². The van der Waals surface area contributed by atoms with Crippen molar-refractivity contribution >= 4 is 11.9 Å². The van der Waals surface area contributed by atoms with Gasteiger partial charge in [0.05, 0.1) is 19.8 Å². The van der Waals surface area contributed by atoms with Crippen LogP contribution in [-0.2, 0) is 0 Å². The van der Waals surface area contributed by atoms with E-state index in [-0.39, 0.29) is 17.5 Å². The van der Waals surface area contributed by atoms with Crippen LogP contribution in [0.3, 0.4) is 0 Å². The number of rotatable bonds is 12. The highest BCUT2D eigenvalue weighted by molar-refractivity contribution is 6.02. The van der Waals surface area contributed by atoms with Crippen LogP contribution in [0, 0.1) is 0 Å². The normalized spacial score (nSPS) is 11.1. The van der Waals surface area contributed by atoms with E-state index in [4.69, 9.17) is 9.47 Å². The number of aromatic carboxylic acids is 1. The molecule has 0 atom stereocenters. The number of carboxylic acids is 1. The Hall–Kier alpha value is -3.85. The molecule has 2 aromatic carbocycles. The van der Waals surface area contributed by atoms with Gasteiger partial charge in [-0.25, -0.2) is 4.79 Å². The monoisotopic (exact) mass is 508 g/mol. The molecular weight excluding hydrogens is 472 g/mol. The number of carbonyl (C=O) groups is 2. The van der Waals surface area contributed by atoms with Crippen molar-refractivity contribution in [3.63, 3.8) is 0 Å². The Morgan fingerprint density at radius 2 is 1.70 bits per heavy atom. The lowest BCUT2D eigenvalue weighted by atomic mass is 9.90. The summed E-state index contributed by atoms with van der Waals surface area (Å²) >= 11 is 0. The first-order chi connectivity index (χ1) is 17.8. The predicted molar refractivity (Wildman–Crippen MR) is 144 cm³/mol. The molecule has 3 aromatic rings. The number of H-pyrrole nitrogens is 1. The fourth-order valence-corrected chi connectivity index (χ4v) is 4.41. The van der Waals surface area contributed by atoms with E-state index in [9.17, 15) is 14.7 Å². The number of ether oxygens (including phenoxy) is 2. The standard InChI is InChI=1S/C28H36N4O5/c1-7-32(8-2)15-14-29-27(33)19-13-12-18(16-20(19)17(3)4)23-25(30-31-26(23)28(34)35)24-21(36-5)10-9-11-22(24)37-6/h9-13,16-17H,7-8,14-15H2,1-6H3,(H,29,33)(H,30,31)(H,34,35). The maximum Gasteiger partial charge on any atom is 0.354 e. The third-order valence-corrected chi connectivity index (χ3v) is 6.46. The average molecular weight is 509 g/mol. The lowest BCUT2D eigenvalue weighted by molar-refractivity contribution is 0.0691. The molecule has 0 saturated heterocycles. The second-order valence-electron chi connectivity index (χ2n) is 8.90. The minimum atomic E-state index is -1.15. The van der Waals surface area contributed by atoms with Gasteiger partial charge in [-0.3, -0.25) is 9.89 Å². The minimum Gasteiger partial charge on any atom is -0.496 e. The summed E-state index contributed by atoms with van der Waals surface area (Å²) in [6, 6.07) is 10.7. The molecule has 0 radical (unpaired) electrons. The second kappa shape index (κ2) is 12.4. The number of aromatic nitrogens is 2. The number of nitrogens with zero attached hydrogens (tertiary/aromatic N) is 2. The van der Waals surface area contributed by atoms with E-state index in [2.05, 4.69) is 34.3 Å². The van der Waals surface area contributed by atoms with Crippen LogP contribution in [0.25, 0.3) is 22.4 Å². The van der Waals surface area contributed by atoms with E-state index < -0.39 is 5.97 Å². The van der Waals surface area contributed by atoms with Gasteiger partial charge in [-0.15, -0.1) is 0 Å². The molecule has 1 heterocycles. The summed E-state index contributed by atoms with van der Waals surface area (Å²) in [5, 5.41) is 20.0. The molecule has 37 heavy (non-hydrogen) atoms. The van der Waals surface area contributed by atoms with Gasteiger partial charge < -0.3 is 24.8 Å². The lowest BCUT2D eigenvalue weighted by Crippen LogP contribution is -2.35. The number of benzene rings is 2. The van der Waals surface area contributed by atoms with E-state index in [0.717, 1.165) is 25.2 Å². The fraction of sp³-hybridized carbons (Fsp3) is 0.393. The Morgan fingerprint density at radius 3 is 2.24 bits per heavy atom. The summed E-state index contributed by atoms with van der Waals surface area (Å²) in [6.07, 6.45) is 0. The molecule has 0 fully saturated rings. The highest BCUT2D eigenvalue weighted by Gasteiger charge is 2.27. The molecule has 0 saturated carbocycles. The van der Waals surface area contributed by atoms with Crippen LogP contribution in [0.15, 0.2) is 36.4 Å². The largest absolute Gasteiger partial charge is 0.496 e. The minimum absolute atomic E-state index is 0.0212. The number of carbonyl (C=O) groups excluding carboxylic acids is 1. The molecule has 0 aliphatic carbocycles.